The number of imidazole rings is 1. The van der Waals surface area contributed by atoms with E-state index in [1.165, 1.54) is 44.1 Å². The molecule has 4 nitrogen and oxygen atoms in total. The lowest BCUT2D eigenvalue weighted by Gasteiger charge is -2.02. The molecule has 2 aromatic rings. The highest BCUT2D eigenvalue weighted by Crippen LogP contribution is 2.18. The van der Waals surface area contributed by atoms with Crippen LogP contribution in [-0.2, 0) is 6.42 Å². The van der Waals surface area contributed by atoms with Crippen molar-refractivity contribution in [1.29, 1.82) is 0 Å². The molecule has 1 aromatic heterocycles. The van der Waals surface area contributed by atoms with Crippen LogP contribution in [0.15, 0.2) is 18.2 Å². The van der Waals surface area contributed by atoms with Crippen molar-refractivity contribution in [3.8, 4) is 0 Å². The number of aliphatic hydroxyl groups excluding tert-OH is 1. The van der Waals surface area contributed by atoms with E-state index in [4.69, 9.17) is 10.8 Å². The van der Waals surface area contributed by atoms with E-state index in [1.807, 2.05) is 6.07 Å². The van der Waals surface area contributed by atoms with Crippen LogP contribution in [0.1, 0.15) is 62.9 Å². The first-order valence-corrected chi connectivity index (χ1v) is 8.09. The average Bonchev–Trinajstić information content (AvgIpc) is 2.93. The number of aryl methyl sites for hydroxylation is 1. The fourth-order valence-corrected chi connectivity index (χ4v) is 2.60. The monoisotopic (exact) mass is 289 g/mol. The summed E-state index contributed by atoms with van der Waals surface area (Å²) in [5.74, 6) is 0.657. The van der Waals surface area contributed by atoms with Crippen molar-refractivity contribution in [3.05, 3.63) is 29.6 Å². The molecule has 4 N–H and O–H groups in total. The fourth-order valence-electron chi connectivity index (χ4n) is 2.60. The maximum absolute atomic E-state index is 9.09. The molecule has 1 atom stereocenters. The lowest BCUT2D eigenvalue weighted by molar-refractivity contribution is 0.264. The van der Waals surface area contributed by atoms with Crippen molar-refractivity contribution < 1.29 is 5.11 Å². The van der Waals surface area contributed by atoms with Crippen LogP contribution in [-0.4, -0.2) is 21.7 Å². The molecule has 0 saturated heterocycles. The van der Waals surface area contributed by atoms with Crippen molar-refractivity contribution in [2.45, 2.75) is 57.9 Å². The summed E-state index contributed by atoms with van der Waals surface area (Å²) < 4.78 is 0. The molecular formula is C17H27N3O. The maximum Gasteiger partial charge on any atom is 0.126 e. The zero-order chi connectivity index (χ0) is 15.1. The third-order valence-electron chi connectivity index (χ3n) is 3.93. The first-order valence-electron chi connectivity index (χ1n) is 8.09. The predicted octanol–water partition coefficient (Wildman–Crippen LogP) is 3.46. The van der Waals surface area contributed by atoms with Gasteiger partial charge >= 0.3 is 0 Å². The smallest absolute Gasteiger partial charge is 0.126 e. The number of nitrogens with one attached hydrogen (secondary N) is 1. The number of aliphatic hydroxyl groups is 1. The molecule has 0 spiro atoms. The topological polar surface area (TPSA) is 74.9 Å². The van der Waals surface area contributed by atoms with E-state index < -0.39 is 6.04 Å². The Bertz CT molecular complexity index is 550. The second-order valence-electron chi connectivity index (χ2n) is 5.78. The number of nitrogens with two attached hydrogens (primary N) is 1. The van der Waals surface area contributed by atoms with Gasteiger partial charge in [-0.25, -0.2) is 4.98 Å². The van der Waals surface area contributed by atoms with Gasteiger partial charge in [0.05, 0.1) is 23.7 Å². The van der Waals surface area contributed by atoms with Gasteiger partial charge in [0.15, 0.2) is 0 Å². The molecule has 0 unspecified atom stereocenters. The Kier molecular flexibility index (Phi) is 6.21. The van der Waals surface area contributed by atoms with Crippen LogP contribution in [0.25, 0.3) is 11.0 Å². The Labute approximate surface area is 126 Å². The van der Waals surface area contributed by atoms with Crippen LogP contribution in [0.2, 0.25) is 0 Å². The van der Waals surface area contributed by atoms with Crippen LogP contribution in [0, 0.1) is 0 Å². The Morgan fingerprint density at radius 3 is 2.71 bits per heavy atom. The van der Waals surface area contributed by atoms with Crippen molar-refractivity contribution in [1.82, 2.24) is 9.97 Å². The molecular weight excluding hydrogens is 262 g/mol. The Balaban J connectivity index is 1.89. The van der Waals surface area contributed by atoms with Gasteiger partial charge in [0.25, 0.3) is 0 Å². The minimum absolute atomic E-state index is 0.0928. The summed E-state index contributed by atoms with van der Waals surface area (Å²) in [7, 11) is 0. The van der Waals surface area contributed by atoms with Crippen molar-refractivity contribution >= 4 is 11.0 Å². The van der Waals surface area contributed by atoms with E-state index in [0.717, 1.165) is 17.5 Å². The van der Waals surface area contributed by atoms with Gasteiger partial charge in [-0.05, 0) is 30.5 Å². The molecule has 1 aromatic carbocycles. The number of nitrogens with zero attached hydrogens (tertiary/aromatic N) is 1. The molecule has 4 heteroatoms. The van der Waals surface area contributed by atoms with Gasteiger partial charge in [-0.15, -0.1) is 0 Å². The van der Waals surface area contributed by atoms with Gasteiger partial charge in [0.2, 0.25) is 0 Å². The van der Waals surface area contributed by atoms with Crippen molar-refractivity contribution in [2.75, 3.05) is 6.61 Å². The number of hydrogen-bond acceptors (Lipinski definition) is 3. The summed E-state index contributed by atoms with van der Waals surface area (Å²) >= 11 is 0. The van der Waals surface area contributed by atoms with E-state index in [0.29, 0.717) is 5.82 Å². The SMILES string of the molecule is CCCCCCCCc1ccc2nc([C@H](N)CO)[nH]c2c1. The number of fused-ring (bicyclic) bond motifs is 1. The Morgan fingerprint density at radius 2 is 1.95 bits per heavy atom. The van der Waals surface area contributed by atoms with Gasteiger partial charge in [-0.1, -0.05) is 45.1 Å². The Morgan fingerprint density at radius 1 is 1.19 bits per heavy atom. The number of H-pyrrole nitrogens is 1. The second kappa shape index (κ2) is 8.15. The van der Waals surface area contributed by atoms with Crippen molar-refractivity contribution in [2.24, 2.45) is 5.73 Å². The molecule has 21 heavy (non-hydrogen) atoms. The minimum Gasteiger partial charge on any atom is -0.394 e. The molecule has 0 bridgehead atoms. The van der Waals surface area contributed by atoms with Gasteiger partial charge in [0.1, 0.15) is 5.82 Å². The van der Waals surface area contributed by atoms with E-state index in [2.05, 4.69) is 29.0 Å². The molecule has 1 heterocycles. The summed E-state index contributed by atoms with van der Waals surface area (Å²) in [4.78, 5) is 7.62. The van der Waals surface area contributed by atoms with E-state index in [1.54, 1.807) is 0 Å². The lowest BCUT2D eigenvalue weighted by atomic mass is 10.0. The van der Waals surface area contributed by atoms with Crippen LogP contribution in [0.5, 0.6) is 0 Å². The third kappa shape index (κ3) is 4.55. The minimum atomic E-state index is -0.431. The number of hydrogen-bond donors (Lipinski definition) is 3. The summed E-state index contributed by atoms with van der Waals surface area (Å²) in [6.45, 7) is 2.15. The lowest BCUT2D eigenvalue weighted by Crippen LogP contribution is -2.15. The molecule has 0 radical (unpaired) electrons. The summed E-state index contributed by atoms with van der Waals surface area (Å²) in [5, 5.41) is 9.09. The third-order valence-corrected chi connectivity index (χ3v) is 3.93. The number of benzene rings is 1. The molecule has 116 valence electrons. The van der Waals surface area contributed by atoms with E-state index in [9.17, 15) is 0 Å². The standard InChI is InChI=1S/C17H27N3O/c1-2-3-4-5-6-7-8-13-9-10-15-16(11-13)20-17(19-15)14(18)12-21/h9-11,14,21H,2-8,12,18H2,1H3,(H,19,20)/t14-/m1/s1. The Hall–Kier alpha value is -1.39. The second-order valence-corrected chi connectivity index (χ2v) is 5.78. The molecule has 0 aliphatic carbocycles. The van der Waals surface area contributed by atoms with Gasteiger partial charge < -0.3 is 15.8 Å². The van der Waals surface area contributed by atoms with Gasteiger partial charge in [-0.2, -0.15) is 0 Å². The predicted molar refractivity (Wildman–Crippen MR) is 87.2 cm³/mol. The largest absolute Gasteiger partial charge is 0.394 e. The highest BCUT2D eigenvalue weighted by atomic mass is 16.3. The number of aromatic amines is 1. The van der Waals surface area contributed by atoms with Crippen LogP contribution in [0.4, 0.5) is 0 Å². The molecule has 0 amide bonds. The highest BCUT2D eigenvalue weighted by Gasteiger charge is 2.10. The fraction of sp³-hybridized carbons (Fsp3) is 0.588. The average molecular weight is 289 g/mol. The van der Waals surface area contributed by atoms with Crippen LogP contribution < -0.4 is 5.73 Å². The van der Waals surface area contributed by atoms with Gasteiger partial charge in [0, 0.05) is 0 Å². The molecule has 0 aliphatic heterocycles. The molecule has 0 saturated carbocycles. The van der Waals surface area contributed by atoms with Gasteiger partial charge in [-0.3, -0.25) is 0 Å². The summed E-state index contributed by atoms with van der Waals surface area (Å²) in [6.07, 6.45) is 9.02. The number of rotatable bonds is 9. The first kappa shape index (κ1) is 16.0. The number of aromatic nitrogens is 2. The normalized spacial score (nSPS) is 12.9. The van der Waals surface area contributed by atoms with E-state index in [-0.39, 0.29) is 6.61 Å². The molecule has 0 fully saturated rings. The zero-order valence-electron chi connectivity index (χ0n) is 12.9. The summed E-state index contributed by atoms with van der Waals surface area (Å²) in [6, 6.07) is 5.90. The quantitative estimate of drug-likeness (QED) is 0.619. The summed E-state index contributed by atoms with van der Waals surface area (Å²) in [5.41, 5.74) is 9.06. The first-order chi connectivity index (χ1) is 10.2. The van der Waals surface area contributed by atoms with Crippen molar-refractivity contribution in [3.63, 3.8) is 0 Å². The maximum atomic E-state index is 9.09. The molecule has 0 aliphatic rings. The zero-order valence-corrected chi connectivity index (χ0v) is 12.9. The number of unbranched alkanes of at least 4 members (excludes halogenated alkanes) is 5. The molecule has 2 rings (SSSR count). The van der Waals surface area contributed by atoms with Crippen LogP contribution >= 0.6 is 0 Å². The van der Waals surface area contributed by atoms with E-state index >= 15 is 0 Å². The highest BCUT2D eigenvalue weighted by molar-refractivity contribution is 5.76. The van der Waals surface area contributed by atoms with Crippen LogP contribution in [0.3, 0.4) is 0 Å².